The minimum atomic E-state index is -0.997. The highest BCUT2D eigenvalue weighted by Crippen LogP contribution is 2.24. The van der Waals surface area contributed by atoms with Gasteiger partial charge in [0.05, 0.1) is 5.56 Å². The molecule has 0 fully saturated rings. The maximum absolute atomic E-state index is 12.1. The molecule has 1 N–H and O–H groups in total. The smallest absolute Gasteiger partial charge is 0.363 e. The Morgan fingerprint density at radius 3 is 2.19 bits per heavy atom. The molecule has 0 amide bonds. The van der Waals surface area contributed by atoms with E-state index < -0.39 is 11.9 Å². The molecule has 1 aliphatic heterocycles. The number of carbonyl (C=O) groups excluding carboxylic acids is 1. The van der Waals surface area contributed by atoms with Crippen LogP contribution in [0.1, 0.15) is 47.8 Å². The van der Waals surface area contributed by atoms with E-state index in [2.05, 4.69) is 25.8 Å². The second-order valence-corrected chi connectivity index (χ2v) is 7.09. The Hall–Kier alpha value is -3.21. The number of hydrogen-bond donors (Lipinski definition) is 1. The summed E-state index contributed by atoms with van der Waals surface area (Å²) in [5.41, 5.74) is 3.00. The first-order valence-corrected chi connectivity index (χ1v) is 8.21. The van der Waals surface area contributed by atoms with E-state index in [0.717, 1.165) is 5.56 Å². The van der Waals surface area contributed by atoms with Gasteiger partial charge >= 0.3 is 11.9 Å². The van der Waals surface area contributed by atoms with Gasteiger partial charge in [-0.25, -0.2) is 14.6 Å². The van der Waals surface area contributed by atoms with Gasteiger partial charge < -0.3 is 9.84 Å². The van der Waals surface area contributed by atoms with Crippen molar-refractivity contribution >= 4 is 23.9 Å². The van der Waals surface area contributed by atoms with E-state index in [1.807, 2.05) is 24.3 Å². The predicted octanol–water partition coefficient (Wildman–Crippen LogP) is 4.03. The molecule has 132 valence electrons. The number of aromatic carboxylic acids is 1. The number of carboxylic acid groups (broad SMARTS) is 1. The summed E-state index contributed by atoms with van der Waals surface area (Å²) in [5.74, 6) is -1.26. The first-order valence-electron chi connectivity index (χ1n) is 8.21. The number of carbonyl (C=O) groups is 2. The molecule has 2 aromatic rings. The molecule has 0 saturated heterocycles. The summed E-state index contributed by atoms with van der Waals surface area (Å²) in [4.78, 5) is 27.2. The van der Waals surface area contributed by atoms with Gasteiger partial charge in [-0.3, -0.25) is 0 Å². The molecule has 0 atom stereocenters. The predicted molar refractivity (Wildman–Crippen MR) is 99.1 cm³/mol. The third-order valence-electron chi connectivity index (χ3n) is 4.08. The van der Waals surface area contributed by atoms with Crippen LogP contribution in [0.3, 0.4) is 0 Å². The minimum absolute atomic E-state index is 0.0415. The Bertz CT molecular complexity index is 914. The van der Waals surface area contributed by atoms with Crippen molar-refractivity contribution in [3.8, 4) is 0 Å². The molecule has 1 heterocycles. The SMILES string of the molecule is CC(C)(C)c1ccc(C2=N/C(=C/c3ccc(C(=O)O)cc3)C(=O)O2)cc1. The van der Waals surface area contributed by atoms with Crippen LogP contribution in [0, 0.1) is 0 Å². The summed E-state index contributed by atoms with van der Waals surface area (Å²) in [6, 6.07) is 14.0. The Morgan fingerprint density at radius 2 is 1.65 bits per heavy atom. The second-order valence-electron chi connectivity index (χ2n) is 7.09. The van der Waals surface area contributed by atoms with E-state index >= 15 is 0 Å². The number of nitrogens with zero attached hydrogens (tertiary/aromatic N) is 1. The van der Waals surface area contributed by atoms with Gasteiger partial charge in [0, 0.05) is 5.56 Å². The topological polar surface area (TPSA) is 76.0 Å². The molecule has 0 radical (unpaired) electrons. The Balaban J connectivity index is 1.85. The fourth-order valence-corrected chi connectivity index (χ4v) is 2.53. The van der Waals surface area contributed by atoms with Crippen LogP contribution in [-0.4, -0.2) is 22.9 Å². The fraction of sp³-hybridized carbons (Fsp3) is 0.190. The normalized spacial score (nSPS) is 15.7. The van der Waals surface area contributed by atoms with E-state index in [9.17, 15) is 9.59 Å². The zero-order valence-electron chi connectivity index (χ0n) is 14.8. The van der Waals surface area contributed by atoms with Crippen LogP contribution in [0.2, 0.25) is 0 Å². The third kappa shape index (κ3) is 3.72. The van der Waals surface area contributed by atoms with E-state index in [4.69, 9.17) is 9.84 Å². The molecule has 26 heavy (non-hydrogen) atoms. The zero-order chi connectivity index (χ0) is 18.9. The van der Waals surface area contributed by atoms with E-state index in [1.165, 1.54) is 17.7 Å². The molecule has 3 rings (SSSR count). The maximum atomic E-state index is 12.1. The summed E-state index contributed by atoms with van der Waals surface area (Å²) >= 11 is 0. The van der Waals surface area contributed by atoms with Crippen LogP contribution in [0.5, 0.6) is 0 Å². The number of rotatable bonds is 3. The van der Waals surface area contributed by atoms with Crippen molar-refractivity contribution in [2.24, 2.45) is 4.99 Å². The minimum Gasteiger partial charge on any atom is -0.478 e. The average molecular weight is 349 g/mol. The molecular formula is C21H19NO4. The Labute approximate surface area is 151 Å². The van der Waals surface area contributed by atoms with Crippen LogP contribution in [-0.2, 0) is 14.9 Å². The number of hydrogen-bond acceptors (Lipinski definition) is 4. The first kappa shape index (κ1) is 17.6. The van der Waals surface area contributed by atoms with Crippen molar-refractivity contribution in [2.45, 2.75) is 26.2 Å². The third-order valence-corrected chi connectivity index (χ3v) is 4.08. The highest BCUT2D eigenvalue weighted by Gasteiger charge is 2.24. The van der Waals surface area contributed by atoms with Crippen LogP contribution in [0.25, 0.3) is 6.08 Å². The molecule has 2 aromatic carbocycles. The van der Waals surface area contributed by atoms with Gasteiger partial charge in [-0.2, -0.15) is 0 Å². The molecule has 0 spiro atoms. The van der Waals surface area contributed by atoms with Gasteiger partial charge in [0.1, 0.15) is 0 Å². The van der Waals surface area contributed by atoms with E-state index in [0.29, 0.717) is 5.56 Å². The molecular weight excluding hydrogens is 330 g/mol. The number of ether oxygens (including phenoxy) is 1. The lowest BCUT2D eigenvalue weighted by Gasteiger charge is -2.18. The molecule has 0 bridgehead atoms. The van der Waals surface area contributed by atoms with Gasteiger partial charge in [-0.05, 0) is 46.9 Å². The first-order chi connectivity index (χ1) is 12.2. The summed E-state index contributed by atoms with van der Waals surface area (Å²) in [6.07, 6.45) is 1.57. The van der Waals surface area contributed by atoms with Gasteiger partial charge in [-0.15, -0.1) is 0 Å². The summed E-state index contributed by atoms with van der Waals surface area (Å²) in [5, 5.41) is 8.92. The van der Waals surface area contributed by atoms with E-state index in [-0.39, 0.29) is 22.6 Å². The zero-order valence-corrected chi connectivity index (χ0v) is 14.8. The summed E-state index contributed by atoms with van der Waals surface area (Å²) in [6.45, 7) is 6.39. The second kappa shape index (κ2) is 6.59. The number of benzene rings is 2. The van der Waals surface area contributed by atoms with Crippen LogP contribution >= 0.6 is 0 Å². The summed E-state index contributed by atoms with van der Waals surface area (Å²) in [7, 11) is 0. The molecule has 1 aliphatic rings. The van der Waals surface area contributed by atoms with Crippen molar-refractivity contribution in [3.63, 3.8) is 0 Å². The van der Waals surface area contributed by atoms with Gasteiger partial charge in [0.15, 0.2) is 5.70 Å². The number of esters is 1. The van der Waals surface area contributed by atoms with Crippen molar-refractivity contribution < 1.29 is 19.4 Å². The van der Waals surface area contributed by atoms with Gasteiger partial charge in [0.2, 0.25) is 5.90 Å². The number of carboxylic acids is 1. The van der Waals surface area contributed by atoms with Gasteiger partial charge in [-0.1, -0.05) is 45.0 Å². The number of aliphatic imine (C=N–C) groups is 1. The van der Waals surface area contributed by atoms with Gasteiger partial charge in [0.25, 0.3) is 0 Å². The highest BCUT2D eigenvalue weighted by atomic mass is 16.6. The Morgan fingerprint density at radius 1 is 1.04 bits per heavy atom. The van der Waals surface area contributed by atoms with Crippen LogP contribution < -0.4 is 0 Å². The van der Waals surface area contributed by atoms with Crippen LogP contribution in [0.15, 0.2) is 59.2 Å². The standard InChI is InChI=1S/C21H19NO4/c1-21(2,3)16-10-8-14(9-11-16)18-22-17(20(25)26-18)12-13-4-6-15(7-5-13)19(23)24/h4-12H,1-3H3,(H,23,24)/b17-12+. The van der Waals surface area contributed by atoms with Crippen molar-refractivity contribution in [1.82, 2.24) is 0 Å². The van der Waals surface area contributed by atoms with E-state index in [1.54, 1.807) is 18.2 Å². The maximum Gasteiger partial charge on any atom is 0.363 e. The molecule has 0 aliphatic carbocycles. The fourth-order valence-electron chi connectivity index (χ4n) is 2.53. The molecule has 0 unspecified atom stereocenters. The number of cyclic esters (lactones) is 1. The van der Waals surface area contributed by atoms with Crippen molar-refractivity contribution in [1.29, 1.82) is 0 Å². The molecule has 5 nitrogen and oxygen atoms in total. The Kier molecular flexibility index (Phi) is 4.47. The van der Waals surface area contributed by atoms with Crippen molar-refractivity contribution in [2.75, 3.05) is 0 Å². The average Bonchev–Trinajstić information content (AvgIpc) is 2.95. The molecule has 5 heteroatoms. The highest BCUT2D eigenvalue weighted by molar-refractivity contribution is 6.12. The largest absolute Gasteiger partial charge is 0.478 e. The quantitative estimate of drug-likeness (QED) is 0.670. The lowest BCUT2D eigenvalue weighted by Crippen LogP contribution is -2.11. The lowest BCUT2D eigenvalue weighted by atomic mass is 9.87. The molecule has 0 saturated carbocycles. The van der Waals surface area contributed by atoms with Crippen LogP contribution in [0.4, 0.5) is 0 Å². The van der Waals surface area contributed by atoms with Crippen molar-refractivity contribution in [3.05, 3.63) is 76.5 Å². The lowest BCUT2D eigenvalue weighted by molar-refractivity contribution is -0.129. The molecule has 0 aromatic heterocycles. The summed E-state index contributed by atoms with van der Waals surface area (Å²) < 4.78 is 5.27. The monoisotopic (exact) mass is 349 g/mol.